The number of anilines is 1. The standard InChI is InChI=1S/C15H23N.C8H10AsNO5.CH2O2/c1-15(2,13-9-4-3-5-10-13)11-14(16)12-7-6-8-12;1-6(11)10-8-4-2-3-7(5-8)9(12,13)15-14;2-1-3/h3-5,9-10,12,14H,6-8,11,16H2,1-2H3;2-5,14H,1H3,(H,10,11)(H,12,13);1H,(H,2,3). The molecule has 2 aromatic carbocycles. The molecule has 34 heavy (non-hydrogen) atoms. The summed E-state index contributed by atoms with van der Waals surface area (Å²) < 4.78 is 23.9. The molecule has 188 valence electrons. The average molecular weight is 538 g/mol. The van der Waals surface area contributed by atoms with Crippen LogP contribution in [0.1, 0.15) is 52.0 Å². The third kappa shape index (κ3) is 9.83. The zero-order chi connectivity index (χ0) is 25.8. The fraction of sp³-hybridized carbons (Fsp3) is 0.417. The van der Waals surface area contributed by atoms with Crippen LogP contribution < -0.4 is 15.4 Å². The van der Waals surface area contributed by atoms with E-state index < -0.39 is 14.2 Å². The van der Waals surface area contributed by atoms with Gasteiger partial charge in [-0.05, 0) is 36.2 Å². The number of nitrogens with two attached hydrogens (primary N) is 1. The maximum Gasteiger partial charge on any atom is 0.290 e. The van der Waals surface area contributed by atoms with E-state index in [4.69, 9.17) is 20.9 Å². The van der Waals surface area contributed by atoms with E-state index in [2.05, 4.69) is 53.4 Å². The van der Waals surface area contributed by atoms with Crippen LogP contribution in [0.3, 0.4) is 0 Å². The van der Waals surface area contributed by atoms with Gasteiger partial charge in [-0.15, -0.1) is 0 Å². The van der Waals surface area contributed by atoms with Crippen LogP contribution in [0.2, 0.25) is 0 Å². The molecule has 1 aliphatic carbocycles. The monoisotopic (exact) mass is 538 g/mol. The Hall–Kier alpha value is -2.42. The van der Waals surface area contributed by atoms with Crippen molar-refractivity contribution >= 4 is 36.6 Å². The van der Waals surface area contributed by atoms with Crippen LogP contribution in [0.25, 0.3) is 0 Å². The molecule has 0 heterocycles. The molecular formula is C24H35AsN2O7. The van der Waals surface area contributed by atoms with Crippen molar-refractivity contribution in [1.82, 2.24) is 0 Å². The van der Waals surface area contributed by atoms with Crippen molar-refractivity contribution in [2.24, 2.45) is 11.7 Å². The number of benzene rings is 2. The minimum Gasteiger partial charge on any atom is -0.483 e. The molecule has 1 aliphatic rings. The molecule has 0 aliphatic heterocycles. The van der Waals surface area contributed by atoms with E-state index in [-0.39, 0.29) is 22.1 Å². The maximum absolute atomic E-state index is 11.3. The molecule has 0 aromatic heterocycles. The largest absolute Gasteiger partial charge is 0.483 e. The second-order valence-electron chi connectivity index (χ2n) is 8.75. The molecule has 10 heteroatoms. The summed E-state index contributed by atoms with van der Waals surface area (Å²) >= 11 is -4.83. The first kappa shape index (κ1) is 29.6. The predicted molar refractivity (Wildman–Crippen MR) is 131 cm³/mol. The smallest absolute Gasteiger partial charge is 0.290 e. The number of carbonyl (C=O) groups excluding carboxylic acids is 1. The van der Waals surface area contributed by atoms with Gasteiger partial charge in [0, 0.05) is 6.04 Å². The fourth-order valence-corrected chi connectivity index (χ4v) is 5.05. The van der Waals surface area contributed by atoms with Gasteiger partial charge in [-0.1, -0.05) is 50.6 Å². The molecule has 1 saturated carbocycles. The number of hydrogen-bond acceptors (Lipinski definition) is 6. The second-order valence-corrected chi connectivity index (χ2v) is 12.4. The number of amides is 1. The molecule has 2 atom stereocenters. The van der Waals surface area contributed by atoms with Crippen molar-refractivity contribution < 1.29 is 31.7 Å². The Morgan fingerprint density at radius 2 is 1.82 bits per heavy atom. The molecule has 0 spiro atoms. The van der Waals surface area contributed by atoms with Gasteiger partial charge < -0.3 is 10.8 Å². The maximum atomic E-state index is 11.3. The van der Waals surface area contributed by atoms with Crippen molar-refractivity contribution in [2.75, 3.05) is 5.32 Å². The molecule has 0 radical (unpaired) electrons. The van der Waals surface area contributed by atoms with Crippen LogP contribution in [0.5, 0.6) is 0 Å². The second kappa shape index (κ2) is 14.1. The first-order chi connectivity index (χ1) is 16.0. The van der Waals surface area contributed by atoms with Crippen molar-refractivity contribution in [3.05, 3.63) is 60.2 Å². The molecule has 6 N–H and O–H groups in total. The zero-order valence-electron chi connectivity index (χ0n) is 19.8. The van der Waals surface area contributed by atoms with E-state index in [0.717, 1.165) is 12.3 Å². The van der Waals surface area contributed by atoms with E-state index in [1.54, 1.807) is 6.07 Å². The summed E-state index contributed by atoms with van der Waals surface area (Å²) in [4.78, 5) is 19.1. The Morgan fingerprint density at radius 1 is 1.24 bits per heavy atom. The van der Waals surface area contributed by atoms with Crippen molar-refractivity contribution in [3.8, 4) is 0 Å². The quantitative estimate of drug-likeness (QED) is 0.156. The molecule has 1 fully saturated rings. The summed E-state index contributed by atoms with van der Waals surface area (Å²) in [6, 6.07) is 16.8. The third-order valence-corrected chi connectivity index (χ3v) is 8.08. The van der Waals surface area contributed by atoms with Gasteiger partial charge >= 0.3 is 88.4 Å². The van der Waals surface area contributed by atoms with Gasteiger partial charge in [-0.3, -0.25) is 4.79 Å². The van der Waals surface area contributed by atoms with E-state index >= 15 is 0 Å². The molecule has 0 saturated heterocycles. The number of hydrogen-bond donors (Lipinski definition) is 5. The minimum atomic E-state index is -4.83. The van der Waals surface area contributed by atoms with Crippen LogP contribution in [0, 0.1) is 5.92 Å². The van der Waals surface area contributed by atoms with Crippen molar-refractivity contribution in [1.29, 1.82) is 0 Å². The first-order valence-corrected chi connectivity index (χ1v) is 14.2. The van der Waals surface area contributed by atoms with Crippen molar-refractivity contribution in [2.45, 2.75) is 57.9 Å². The Bertz CT molecular complexity index is 949. The van der Waals surface area contributed by atoms with Gasteiger partial charge in [0.15, 0.2) is 0 Å². The molecular weight excluding hydrogens is 503 g/mol. The Kier molecular flexibility index (Phi) is 12.3. The Balaban J connectivity index is 0.000000306. The SMILES string of the molecule is CC(=O)Nc1cccc([As](=O)(O)OO)c1.CC(C)(CC(N)C1CCC1)c1ccccc1.O=CO. The van der Waals surface area contributed by atoms with Gasteiger partial charge in [-0.2, -0.15) is 0 Å². The average Bonchev–Trinajstić information content (AvgIpc) is 2.73. The topological polar surface area (TPSA) is 159 Å². The summed E-state index contributed by atoms with van der Waals surface area (Å²) in [7, 11) is 0. The Labute approximate surface area is 203 Å². The van der Waals surface area contributed by atoms with E-state index in [1.165, 1.54) is 49.9 Å². The summed E-state index contributed by atoms with van der Waals surface area (Å²) in [6.45, 7) is 5.68. The fourth-order valence-electron chi connectivity index (χ4n) is 3.64. The van der Waals surface area contributed by atoms with E-state index in [1.807, 2.05) is 0 Å². The van der Waals surface area contributed by atoms with Crippen LogP contribution in [-0.2, 0) is 22.6 Å². The molecule has 2 aromatic rings. The van der Waals surface area contributed by atoms with Gasteiger partial charge in [0.05, 0.1) is 0 Å². The van der Waals surface area contributed by atoms with E-state index in [0.29, 0.717) is 11.7 Å². The third-order valence-electron chi connectivity index (χ3n) is 5.66. The molecule has 1 amide bonds. The predicted octanol–water partition coefficient (Wildman–Crippen LogP) is 2.89. The van der Waals surface area contributed by atoms with Crippen LogP contribution in [0.4, 0.5) is 5.69 Å². The molecule has 2 unspecified atom stereocenters. The van der Waals surface area contributed by atoms with Crippen molar-refractivity contribution in [3.63, 3.8) is 0 Å². The minimum absolute atomic E-state index is 0.0399. The summed E-state index contributed by atoms with van der Waals surface area (Å²) in [6.07, 6.45) is 5.16. The van der Waals surface area contributed by atoms with Gasteiger partial charge in [0.2, 0.25) is 0 Å². The van der Waals surface area contributed by atoms with Gasteiger partial charge in [0.1, 0.15) is 0 Å². The van der Waals surface area contributed by atoms with E-state index in [9.17, 15) is 12.6 Å². The summed E-state index contributed by atoms with van der Waals surface area (Å²) in [5.41, 5.74) is 8.28. The summed E-state index contributed by atoms with van der Waals surface area (Å²) in [5, 5.41) is 17.6. The van der Waals surface area contributed by atoms with Crippen LogP contribution in [0.15, 0.2) is 54.6 Å². The van der Waals surface area contributed by atoms with Gasteiger partial charge in [0.25, 0.3) is 6.47 Å². The van der Waals surface area contributed by atoms with Crippen LogP contribution in [-0.4, -0.2) is 47.1 Å². The number of rotatable bonds is 7. The van der Waals surface area contributed by atoms with Gasteiger partial charge in [-0.25, -0.2) is 0 Å². The molecule has 0 bridgehead atoms. The van der Waals surface area contributed by atoms with Crippen LogP contribution >= 0.6 is 0 Å². The first-order valence-electron chi connectivity index (χ1n) is 10.9. The summed E-state index contributed by atoms with van der Waals surface area (Å²) in [5.74, 6) is 0.486. The Morgan fingerprint density at radius 3 is 2.29 bits per heavy atom. The normalized spacial score (nSPS) is 15.7. The number of carboxylic acid groups (broad SMARTS) is 1. The zero-order valence-corrected chi connectivity index (χ0v) is 21.6. The molecule has 3 rings (SSSR count). The number of nitrogens with one attached hydrogen (secondary N) is 1. The number of carbonyl (C=O) groups is 2. The molecule has 9 nitrogen and oxygen atoms in total.